The Bertz CT molecular complexity index is 465. The molecule has 0 aliphatic heterocycles. The van der Waals surface area contributed by atoms with Gasteiger partial charge in [0.25, 0.3) is 0 Å². The molecule has 1 heterocycles. The molecule has 0 aromatic carbocycles. The topological polar surface area (TPSA) is 83.3 Å². The second kappa shape index (κ2) is 8.41. The Labute approximate surface area is 125 Å². The van der Waals surface area contributed by atoms with Crippen molar-refractivity contribution in [3.63, 3.8) is 0 Å². The zero-order chi connectivity index (χ0) is 15.8. The van der Waals surface area contributed by atoms with Gasteiger partial charge in [0.2, 0.25) is 5.82 Å². The normalized spacial score (nSPS) is 11.0. The minimum Gasteiger partial charge on any atom is -0.373 e. The molecular weight excluding hydrogens is 270 g/mol. The van der Waals surface area contributed by atoms with Gasteiger partial charge in [0.1, 0.15) is 5.82 Å². The summed E-state index contributed by atoms with van der Waals surface area (Å²) in [6, 6.07) is 3.60. The smallest absolute Gasteiger partial charge is 0.311 e. The van der Waals surface area contributed by atoms with E-state index in [4.69, 9.17) is 0 Å². The van der Waals surface area contributed by atoms with Crippen molar-refractivity contribution in [2.75, 3.05) is 37.8 Å². The number of nitro groups is 1. The molecular formula is C14H25N5O2. The fourth-order valence-electron chi connectivity index (χ4n) is 1.82. The molecule has 21 heavy (non-hydrogen) atoms. The summed E-state index contributed by atoms with van der Waals surface area (Å²) in [6.07, 6.45) is 1.99. The quantitative estimate of drug-likeness (QED) is 0.414. The minimum atomic E-state index is -0.415. The van der Waals surface area contributed by atoms with Gasteiger partial charge < -0.3 is 15.5 Å². The van der Waals surface area contributed by atoms with E-state index in [0.29, 0.717) is 24.2 Å². The first-order chi connectivity index (χ1) is 9.95. The first-order valence-corrected chi connectivity index (χ1v) is 7.23. The Hall–Kier alpha value is -1.89. The molecule has 0 saturated carbocycles. The fourth-order valence-corrected chi connectivity index (χ4v) is 1.82. The summed E-state index contributed by atoms with van der Waals surface area (Å²) in [4.78, 5) is 17.0. The van der Waals surface area contributed by atoms with Crippen LogP contribution >= 0.6 is 0 Å². The molecule has 2 N–H and O–H groups in total. The Morgan fingerprint density at radius 2 is 2.10 bits per heavy atom. The molecule has 7 nitrogen and oxygen atoms in total. The van der Waals surface area contributed by atoms with Gasteiger partial charge in [-0.05, 0) is 46.3 Å². The highest BCUT2D eigenvalue weighted by atomic mass is 16.6. The Morgan fingerprint density at radius 1 is 1.38 bits per heavy atom. The molecule has 0 radical (unpaired) electrons. The molecule has 0 aliphatic carbocycles. The molecule has 0 aliphatic rings. The number of hydrogen-bond acceptors (Lipinski definition) is 6. The maximum Gasteiger partial charge on any atom is 0.311 e. The summed E-state index contributed by atoms with van der Waals surface area (Å²) in [5, 5.41) is 16.9. The highest BCUT2D eigenvalue weighted by Crippen LogP contribution is 2.23. The molecule has 0 atom stereocenters. The van der Waals surface area contributed by atoms with Crippen LogP contribution in [0.2, 0.25) is 0 Å². The summed E-state index contributed by atoms with van der Waals surface area (Å²) in [6.45, 7) is 6.02. The lowest BCUT2D eigenvalue weighted by atomic mass is 10.2. The van der Waals surface area contributed by atoms with E-state index in [2.05, 4.69) is 41.4 Å². The molecule has 0 saturated heterocycles. The average Bonchev–Trinajstić information content (AvgIpc) is 2.45. The molecule has 1 rings (SSSR count). The average molecular weight is 295 g/mol. The number of pyridine rings is 1. The zero-order valence-corrected chi connectivity index (χ0v) is 13.2. The predicted molar refractivity (Wildman–Crippen MR) is 85.9 cm³/mol. The van der Waals surface area contributed by atoms with Crippen molar-refractivity contribution in [3.05, 3.63) is 22.2 Å². The van der Waals surface area contributed by atoms with E-state index in [-0.39, 0.29) is 5.69 Å². The summed E-state index contributed by atoms with van der Waals surface area (Å²) < 4.78 is 0. The second-order valence-corrected chi connectivity index (χ2v) is 5.28. The Balaban J connectivity index is 2.49. The van der Waals surface area contributed by atoms with Gasteiger partial charge >= 0.3 is 5.69 Å². The summed E-state index contributed by atoms with van der Waals surface area (Å²) in [5.41, 5.74) is 0.00768. The predicted octanol–water partition coefficient (Wildman–Crippen LogP) is 2.56. The highest BCUT2D eigenvalue weighted by molar-refractivity contribution is 5.60. The van der Waals surface area contributed by atoms with E-state index in [1.165, 1.54) is 6.07 Å². The van der Waals surface area contributed by atoms with Gasteiger partial charge in [-0.25, -0.2) is 4.98 Å². The molecule has 118 valence electrons. The van der Waals surface area contributed by atoms with Crippen LogP contribution < -0.4 is 10.6 Å². The number of nitrogens with one attached hydrogen (secondary N) is 2. The van der Waals surface area contributed by atoms with Crippen molar-refractivity contribution in [2.24, 2.45) is 0 Å². The molecule has 0 unspecified atom stereocenters. The minimum absolute atomic E-state index is 0.00768. The third-order valence-corrected chi connectivity index (χ3v) is 3.44. The summed E-state index contributed by atoms with van der Waals surface area (Å²) in [7, 11) is 3.83. The third kappa shape index (κ3) is 5.55. The van der Waals surface area contributed by atoms with E-state index in [9.17, 15) is 10.1 Å². The van der Waals surface area contributed by atoms with E-state index in [0.717, 1.165) is 19.4 Å². The van der Waals surface area contributed by atoms with Crippen molar-refractivity contribution >= 4 is 17.3 Å². The van der Waals surface area contributed by atoms with Gasteiger partial charge in [0.15, 0.2) is 0 Å². The summed E-state index contributed by atoms with van der Waals surface area (Å²) >= 11 is 0. The molecule has 0 spiro atoms. The second-order valence-electron chi connectivity index (χ2n) is 5.28. The lowest BCUT2D eigenvalue weighted by Gasteiger charge is -2.20. The van der Waals surface area contributed by atoms with Crippen molar-refractivity contribution in [2.45, 2.75) is 32.7 Å². The van der Waals surface area contributed by atoms with Gasteiger partial charge in [-0.3, -0.25) is 10.1 Å². The van der Waals surface area contributed by atoms with Crippen LogP contribution in [0.15, 0.2) is 12.1 Å². The van der Waals surface area contributed by atoms with Gasteiger partial charge in [0.05, 0.1) is 4.92 Å². The molecule has 1 aromatic heterocycles. The Kier molecular flexibility index (Phi) is 6.87. The van der Waals surface area contributed by atoms with Crippen molar-refractivity contribution in [1.29, 1.82) is 0 Å². The lowest BCUT2D eigenvalue weighted by molar-refractivity contribution is -0.384. The number of rotatable bonds is 9. The Morgan fingerprint density at radius 3 is 2.67 bits per heavy atom. The SMILES string of the molecule is CNc1ccc([N+](=O)[O-])c(NCCCCN(C)C(C)C)n1. The largest absolute Gasteiger partial charge is 0.373 e. The van der Waals surface area contributed by atoms with Gasteiger partial charge in [0, 0.05) is 25.7 Å². The molecule has 7 heteroatoms. The molecule has 0 bridgehead atoms. The molecule has 0 amide bonds. The van der Waals surface area contributed by atoms with Crippen LogP contribution in [0.25, 0.3) is 0 Å². The fraction of sp³-hybridized carbons (Fsp3) is 0.643. The number of nitrogens with zero attached hydrogens (tertiary/aromatic N) is 3. The van der Waals surface area contributed by atoms with Crippen LogP contribution in [0.4, 0.5) is 17.3 Å². The van der Waals surface area contributed by atoms with Crippen molar-refractivity contribution in [1.82, 2.24) is 9.88 Å². The van der Waals surface area contributed by atoms with Gasteiger partial charge in [-0.15, -0.1) is 0 Å². The van der Waals surface area contributed by atoms with Crippen molar-refractivity contribution < 1.29 is 4.92 Å². The highest BCUT2D eigenvalue weighted by Gasteiger charge is 2.15. The third-order valence-electron chi connectivity index (χ3n) is 3.44. The van der Waals surface area contributed by atoms with E-state index in [1.54, 1.807) is 13.1 Å². The van der Waals surface area contributed by atoms with E-state index >= 15 is 0 Å². The van der Waals surface area contributed by atoms with Crippen molar-refractivity contribution in [3.8, 4) is 0 Å². The van der Waals surface area contributed by atoms with Crippen LogP contribution in [0.1, 0.15) is 26.7 Å². The standard InChI is InChI=1S/C14H25N5O2/c1-11(2)18(4)10-6-5-9-16-14-12(19(20)21)7-8-13(15-3)17-14/h7-8,11H,5-6,9-10H2,1-4H3,(H2,15,16,17). The van der Waals surface area contributed by atoms with Crippen LogP contribution in [0.5, 0.6) is 0 Å². The first kappa shape index (κ1) is 17.2. The van der Waals surface area contributed by atoms with E-state index < -0.39 is 4.92 Å². The first-order valence-electron chi connectivity index (χ1n) is 7.23. The maximum absolute atomic E-state index is 11.0. The summed E-state index contributed by atoms with van der Waals surface area (Å²) in [5.74, 6) is 0.937. The van der Waals surface area contributed by atoms with Gasteiger partial charge in [-0.2, -0.15) is 0 Å². The maximum atomic E-state index is 11.0. The van der Waals surface area contributed by atoms with Crippen LogP contribution in [0.3, 0.4) is 0 Å². The zero-order valence-electron chi connectivity index (χ0n) is 13.2. The van der Waals surface area contributed by atoms with Crippen LogP contribution in [-0.2, 0) is 0 Å². The van der Waals surface area contributed by atoms with Gasteiger partial charge in [-0.1, -0.05) is 0 Å². The van der Waals surface area contributed by atoms with Crippen LogP contribution in [-0.4, -0.2) is 48.0 Å². The number of anilines is 2. The number of hydrogen-bond donors (Lipinski definition) is 2. The van der Waals surface area contributed by atoms with E-state index in [1.807, 2.05) is 0 Å². The molecule has 0 fully saturated rings. The monoisotopic (exact) mass is 295 g/mol. The number of unbranched alkanes of at least 4 members (excludes halogenated alkanes) is 1. The molecule has 1 aromatic rings. The van der Waals surface area contributed by atoms with Crippen LogP contribution in [0, 0.1) is 10.1 Å². The lowest BCUT2D eigenvalue weighted by Crippen LogP contribution is -2.27. The number of aromatic nitrogens is 1.